The number of esters is 1. The molecule has 1 aromatic heterocycles. The molecule has 0 bridgehead atoms. The molecule has 0 saturated carbocycles. The van der Waals surface area contributed by atoms with Gasteiger partial charge in [0.05, 0.1) is 25.6 Å². The molecule has 0 saturated heterocycles. The summed E-state index contributed by atoms with van der Waals surface area (Å²) in [6.07, 6.45) is 1.71. The highest BCUT2D eigenvalue weighted by Crippen LogP contribution is 2.37. The van der Waals surface area contributed by atoms with Gasteiger partial charge in [-0.05, 0) is 46.5 Å². The van der Waals surface area contributed by atoms with Crippen LogP contribution in [-0.4, -0.2) is 27.8 Å². The van der Waals surface area contributed by atoms with Crippen LogP contribution in [-0.2, 0) is 14.6 Å². The summed E-state index contributed by atoms with van der Waals surface area (Å²) in [5, 5.41) is 0. The summed E-state index contributed by atoms with van der Waals surface area (Å²) in [4.78, 5) is 11.8. The molecule has 2 rings (SSSR count). The van der Waals surface area contributed by atoms with Gasteiger partial charge in [0, 0.05) is 0 Å². The molecule has 22 heavy (non-hydrogen) atoms. The van der Waals surface area contributed by atoms with E-state index in [9.17, 15) is 17.6 Å². The number of halogens is 2. The molecule has 1 aromatic carbocycles. The van der Waals surface area contributed by atoms with Crippen molar-refractivity contribution in [2.75, 3.05) is 13.4 Å². The van der Waals surface area contributed by atoms with Gasteiger partial charge in [-0.3, -0.25) is 0 Å². The van der Waals surface area contributed by atoms with Gasteiger partial charge < -0.3 is 4.74 Å². The Balaban J connectivity index is 2.60. The van der Waals surface area contributed by atoms with Crippen LogP contribution in [0.15, 0.2) is 42.7 Å². The Labute approximate surface area is 143 Å². The standard InChI is InChI=1S/C13H10BrFO4S3/c1-19-12(16)10-6-11(13(20-2)21-10)22(17,18)7-3-4-9(15)8(14)5-7/h3-6H,1-2H3. The van der Waals surface area contributed by atoms with E-state index in [1.165, 1.54) is 37.1 Å². The van der Waals surface area contributed by atoms with Crippen molar-refractivity contribution in [2.24, 2.45) is 0 Å². The lowest BCUT2D eigenvalue weighted by Gasteiger charge is -2.05. The normalized spacial score (nSPS) is 11.5. The van der Waals surface area contributed by atoms with Crippen LogP contribution in [0, 0.1) is 5.82 Å². The number of benzene rings is 1. The molecule has 0 fully saturated rings. The molecule has 0 spiro atoms. The van der Waals surface area contributed by atoms with Crippen molar-refractivity contribution in [3.8, 4) is 0 Å². The van der Waals surface area contributed by atoms with Crippen molar-refractivity contribution in [1.29, 1.82) is 0 Å². The van der Waals surface area contributed by atoms with E-state index >= 15 is 0 Å². The minimum absolute atomic E-state index is 0.0175. The number of hydrogen-bond donors (Lipinski definition) is 0. The smallest absolute Gasteiger partial charge is 0.348 e. The van der Waals surface area contributed by atoms with Crippen molar-refractivity contribution in [3.05, 3.63) is 39.4 Å². The molecule has 0 amide bonds. The number of ether oxygens (including phenoxy) is 1. The lowest BCUT2D eigenvalue weighted by Crippen LogP contribution is -2.03. The lowest BCUT2D eigenvalue weighted by molar-refractivity contribution is 0.0606. The Kier molecular flexibility index (Phi) is 5.31. The zero-order chi connectivity index (χ0) is 16.5. The molecule has 1 heterocycles. The summed E-state index contributed by atoms with van der Waals surface area (Å²) in [5.74, 6) is -1.15. The van der Waals surface area contributed by atoms with E-state index in [1.54, 1.807) is 6.26 Å². The molecule has 0 aliphatic rings. The van der Waals surface area contributed by atoms with Gasteiger partial charge in [0.15, 0.2) is 0 Å². The quantitative estimate of drug-likeness (QED) is 0.421. The van der Waals surface area contributed by atoms with Crippen LogP contribution < -0.4 is 0 Å². The van der Waals surface area contributed by atoms with Gasteiger partial charge in [-0.1, -0.05) is 0 Å². The van der Waals surface area contributed by atoms with Gasteiger partial charge in [-0.2, -0.15) is 0 Å². The zero-order valence-electron chi connectivity index (χ0n) is 11.4. The Morgan fingerprint density at radius 1 is 1.36 bits per heavy atom. The number of thiophene rings is 1. The third-order valence-corrected chi connectivity index (χ3v) is 7.62. The highest BCUT2D eigenvalue weighted by Gasteiger charge is 2.26. The fourth-order valence-corrected chi connectivity index (χ4v) is 6.13. The number of hydrogen-bond acceptors (Lipinski definition) is 6. The third-order valence-electron chi connectivity index (χ3n) is 2.73. The first-order chi connectivity index (χ1) is 10.3. The summed E-state index contributed by atoms with van der Waals surface area (Å²) >= 11 is 5.23. The molecule has 2 aromatic rings. The van der Waals surface area contributed by atoms with Crippen molar-refractivity contribution >= 4 is 54.8 Å². The van der Waals surface area contributed by atoms with E-state index in [1.807, 2.05) is 0 Å². The summed E-state index contributed by atoms with van der Waals surface area (Å²) in [6.45, 7) is 0. The molecular formula is C13H10BrFO4S3. The average molecular weight is 425 g/mol. The number of carbonyl (C=O) groups is 1. The monoisotopic (exact) mass is 424 g/mol. The van der Waals surface area contributed by atoms with Crippen LogP contribution in [0.4, 0.5) is 4.39 Å². The van der Waals surface area contributed by atoms with Crippen molar-refractivity contribution < 1.29 is 22.3 Å². The number of carbonyl (C=O) groups excluding carboxylic acids is 1. The van der Waals surface area contributed by atoms with Gasteiger partial charge in [0.2, 0.25) is 9.84 Å². The second-order valence-corrected chi connectivity index (χ2v) is 8.94. The molecule has 0 radical (unpaired) electrons. The van der Waals surface area contributed by atoms with Crippen molar-refractivity contribution in [2.45, 2.75) is 14.0 Å². The Morgan fingerprint density at radius 3 is 2.59 bits per heavy atom. The maximum absolute atomic E-state index is 13.3. The van der Waals surface area contributed by atoms with Gasteiger partial charge in [0.25, 0.3) is 0 Å². The average Bonchev–Trinajstić information content (AvgIpc) is 2.94. The SMILES string of the molecule is COC(=O)c1cc(S(=O)(=O)c2ccc(F)c(Br)c2)c(SC)s1. The highest BCUT2D eigenvalue weighted by atomic mass is 79.9. The minimum Gasteiger partial charge on any atom is -0.465 e. The number of sulfone groups is 1. The molecule has 118 valence electrons. The summed E-state index contributed by atoms with van der Waals surface area (Å²) < 4.78 is 43.8. The zero-order valence-corrected chi connectivity index (χ0v) is 15.5. The fraction of sp³-hybridized carbons (Fsp3) is 0.154. The van der Waals surface area contributed by atoms with E-state index in [0.29, 0.717) is 4.21 Å². The van der Waals surface area contributed by atoms with Crippen LogP contribution >= 0.6 is 39.0 Å². The largest absolute Gasteiger partial charge is 0.465 e. The van der Waals surface area contributed by atoms with Gasteiger partial charge in [-0.25, -0.2) is 17.6 Å². The molecule has 0 aliphatic carbocycles. The van der Waals surface area contributed by atoms with E-state index in [-0.39, 0.29) is 19.1 Å². The summed E-state index contributed by atoms with van der Waals surface area (Å²) in [7, 11) is -2.63. The first-order valence-corrected chi connectivity index (χ1v) is 10.1. The minimum atomic E-state index is -3.86. The molecule has 0 N–H and O–H groups in total. The number of methoxy groups -OCH3 is 1. The van der Waals surface area contributed by atoms with Crippen LogP contribution in [0.3, 0.4) is 0 Å². The van der Waals surface area contributed by atoms with Gasteiger partial charge in [0.1, 0.15) is 10.7 Å². The number of thioether (sulfide) groups is 1. The second-order valence-electron chi connectivity index (χ2n) is 4.04. The number of rotatable bonds is 4. The molecule has 0 atom stereocenters. The predicted octanol–water partition coefficient (Wildman–Crippen LogP) is 3.99. The van der Waals surface area contributed by atoms with E-state index < -0.39 is 21.6 Å². The van der Waals surface area contributed by atoms with Crippen molar-refractivity contribution in [1.82, 2.24) is 0 Å². The first kappa shape index (κ1) is 17.5. The Morgan fingerprint density at radius 2 is 2.05 bits per heavy atom. The van der Waals surface area contributed by atoms with Crippen LogP contribution in [0.1, 0.15) is 9.67 Å². The van der Waals surface area contributed by atoms with E-state index in [2.05, 4.69) is 20.7 Å². The third kappa shape index (κ3) is 3.22. The fourth-order valence-electron chi connectivity index (χ4n) is 1.66. The maximum Gasteiger partial charge on any atom is 0.348 e. The summed E-state index contributed by atoms with van der Waals surface area (Å²) in [5.41, 5.74) is 0. The molecule has 0 aliphatic heterocycles. The maximum atomic E-state index is 13.3. The van der Waals surface area contributed by atoms with Crippen molar-refractivity contribution in [3.63, 3.8) is 0 Å². The van der Waals surface area contributed by atoms with Crippen LogP contribution in [0.25, 0.3) is 0 Å². The molecule has 4 nitrogen and oxygen atoms in total. The molecule has 0 unspecified atom stereocenters. The molecular weight excluding hydrogens is 415 g/mol. The first-order valence-electron chi connectivity index (χ1n) is 5.77. The second kappa shape index (κ2) is 6.69. The lowest BCUT2D eigenvalue weighted by atomic mass is 10.3. The van der Waals surface area contributed by atoms with Crippen LogP contribution in [0.2, 0.25) is 0 Å². The summed E-state index contributed by atoms with van der Waals surface area (Å²) in [6, 6.07) is 4.75. The van der Waals surface area contributed by atoms with E-state index in [4.69, 9.17) is 0 Å². The van der Waals surface area contributed by atoms with E-state index in [0.717, 1.165) is 17.4 Å². The predicted molar refractivity (Wildman–Crippen MR) is 87.0 cm³/mol. The van der Waals surface area contributed by atoms with Crippen LogP contribution in [0.5, 0.6) is 0 Å². The Bertz CT molecular complexity index is 830. The molecule has 9 heteroatoms. The topological polar surface area (TPSA) is 60.4 Å². The highest BCUT2D eigenvalue weighted by molar-refractivity contribution is 9.10. The van der Waals surface area contributed by atoms with Gasteiger partial charge >= 0.3 is 5.97 Å². The Hall–Kier alpha value is -0.900. The van der Waals surface area contributed by atoms with Gasteiger partial charge in [-0.15, -0.1) is 23.1 Å².